The van der Waals surface area contributed by atoms with Gasteiger partial charge in [0.25, 0.3) is 5.91 Å². The van der Waals surface area contributed by atoms with Crippen molar-refractivity contribution in [2.24, 2.45) is 0 Å². The van der Waals surface area contributed by atoms with E-state index in [0.717, 1.165) is 25.9 Å². The van der Waals surface area contributed by atoms with E-state index >= 15 is 0 Å². The molecule has 1 fully saturated rings. The minimum Gasteiger partial charge on any atom is -0.343 e. The molecule has 1 heterocycles. The van der Waals surface area contributed by atoms with Gasteiger partial charge in [-0.25, -0.2) is 4.39 Å². The van der Waals surface area contributed by atoms with Gasteiger partial charge in [-0.15, -0.1) is 0 Å². The second-order valence-electron chi connectivity index (χ2n) is 4.40. The van der Waals surface area contributed by atoms with Crippen molar-refractivity contribution >= 4 is 27.7 Å². The highest BCUT2D eigenvalue weighted by atomic mass is 79.9. The Bertz CT molecular complexity index is 501. The van der Waals surface area contributed by atoms with E-state index in [1.807, 2.05) is 0 Å². The van der Waals surface area contributed by atoms with Crippen molar-refractivity contribution in [3.8, 4) is 0 Å². The topological polar surface area (TPSA) is 49.4 Å². The molecule has 0 spiro atoms. The minimum absolute atomic E-state index is 0.0200. The molecule has 0 bridgehead atoms. The molecule has 1 aliphatic rings. The van der Waals surface area contributed by atoms with Gasteiger partial charge in [0.1, 0.15) is 5.82 Å². The first-order valence-electron chi connectivity index (χ1n) is 6.09. The number of nitrogens with zero attached hydrogens (tertiary/aromatic N) is 1. The Labute approximate surface area is 119 Å². The summed E-state index contributed by atoms with van der Waals surface area (Å²) in [6.07, 6.45) is 2.04. The van der Waals surface area contributed by atoms with Gasteiger partial charge in [-0.3, -0.25) is 9.59 Å². The highest BCUT2D eigenvalue weighted by Crippen LogP contribution is 2.16. The Balaban J connectivity index is 1.90. The largest absolute Gasteiger partial charge is 0.343 e. The van der Waals surface area contributed by atoms with Crippen LogP contribution in [-0.2, 0) is 4.79 Å². The highest BCUT2D eigenvalue weighted by Gasteiger charge is 2.18. The molecule has 1 aromatic rings. The molecule has 2 rings (SSSR count). The molecule has 0 radical (unpaired) electrons. The van der Waals surface area contributed by atoms with E-state index in [1.54, 1.807) is 4.90 Å². The summed E-state index contributed by atoms with van der Waals surface area (Å²) in [5.74, 6) is -0.884. The fraction of sp³-hybridized carbons (Fsp3) is 0.385. The van der Waals surface area contributed by atoms with Crippen LogP contribution in [0, 0.1) is 5.82 Å². The molecule has 4 nitrogen and oxygen atoms in total. The number of amides is 2. The quantitative estimate of drug-likeness (QED) is 0.921. The third-order valence-corrected chi connectivity index (χ3v) is 3.65. The molecule has 1 aliphatic heterocycles. The predicted octanol–water partition coefficient (Wildman–Crippen LogP) is 1.94. The summed E-state index contributed by atoms with van der Waals surface area (Å²) < 4.78 is 13.3. The van der Waals surface area contributed by atoms with E-state index in [9.17, 15) is 14.0 Å². The zero-order valence-corrected chi connectivity index (χ0v) is 11.9. The van der Waals surface area contributed by atoms with Crippen molar-refractivity contribution in [2.75, 3.05) is 19.6 Å². The third kappa shape index (κ3) is 3.53. The summed E-state index contributed by atoms with van der Waals surface area (Å²) in [5, 5.41) is 2.55. The number of hydrogen-bond acceptors (Lipinski definition) is 2. The van der Waals surface area contributed by atoms with Gasteiger partial charge >= 0.3 is 0 Å². The lowest BCUT2D eigenvalue weighted by atomic mass is 10.2. The minimum atomic E-state index is -0.426. The van der Waals surface area contributed by atoms with Crippen molar-refractivity contribution in [2.45, 2.75) is 12.8 Å². The molecule has 19 heavy (non-hydrogen) atoms. The van der Waals surface area contributed by atoms with Crippen LogP contribution in [0.25, 0.3) is 0 Å². The number of rotatable bonds is 3. The van der Waals surface area contributed by atoms with Crippen molar-refractivity contribution in [3.63, 3.8) is 0 Å². The summed E-state index contributed by atoms with van der Waals surface area (Å²) in [7, 11) is 0. The SMILES string of the molecule is O=C(NCC(=O)N1CCCC1)c1ccc(F)c(Br)c1. The van der Waals surface area contributed by atoms with Gasteiger partial charge in [0, 0.05) is 18.7 Å². The summed E-state index contributed by atoms with van der Waals surface area (Å²) >= 11 is 3.02. The molecule has 102 valence electrons. The van der Waals surface area contributed by atoms with Crippen LogP contribution < -0.4 is 5.32 Å². The fourth-order valence-electron chi connectivity index (χ4n) is 1.97. The van der Waals surface area contributed by atoms with Gasteiger partial charge in [0.15, 0.2) is 0 Å². The van der Waals surface area contributed by atoms with E-state index in [0.29, 0.717) is 5.56 Å². The lowest BCUT2D eigenvalue weighted by Crippen LogP contribution is -2.38. The van der Waals surface area contributed by atoms with Crippen LogP contribution in [0.5, 0.6) is 0 Å². The number of hydrogen-bond donors (Lipinski definition) is 1. The number of nitrogens with one attached hydrogen (secondary N) is 1. The van der Waals surface area contributed by atoms with E-state index in [2.05, 4.69) is 21.2 Å². The maximum atomic E-state index is 13.0. The van der Waals surface area contributed by atoms with Crippen LogP contribution in [-0.4, -0.2) is 36.3 Å². The summed E-state index contributed by atoms with van der Waals surface area (Å²) in [6.45, 7) is 1.50. The van der Waals surface area contributed by atoms with Crippen LogP contribution in [0.3, 0.4) is 0 Å². The molecule has 2 amide bonds. The standard InChI is InChI=1S/C13H14BrFN2O2/c14-10-7-9(3-4-11(10)15)13(19)16-8-12(18)17-5-1-2-6-17/h3-4,7H,1-2,5-6,8H2,(H,16,19). The van der Waals surface area contributed by atoms with Gasteiger partial charge in [0.05, 0.1) is 11.0 Å². The first-order valence-corrected chi connectivity index (χ1v) is 6.88. The first-order chi connectivity index (χ1) is 9.08. The van der Waals surface area contributed by atoms with Gasteiger partial charge in [0.2, 0.25) is 5.91 Å². The molecule has 0 unspecified atom stereocenters. The van der Waals surface area contributed by atoms with E-state index in [4.69, 9.17) is 0 Å². The van der Waals surface area contributed by atoms with Crippen LogP contribution in [0.4, 0.5) is 4.39 Å². The number of likely N-dealkylation sites (tertiary alicyclic amines) is 1. The maximum absolute atomic E-state index is 13.0. The predicted molar refractivity (Wildman–Crippen MR) is 72.2 cm³/mol. The van der Waals surface area contributed by atoms with E-state index in [-0.39, 0.29) is 22.8 Å². The number of halogens is 2. The number of benzene rings is 1. The normalized spacial score (nSPS) is 14.5. The summed E-state index contributed by atoms with van der Waals surface area (Å²) in [5.41, 5.74) is 0.322. The van der Waals surface area contributed by atoms with Crippen molar-refractivity contribution in [1.82, 2.24) is 10.2 Å². The Morgan fingerprint density at radius 3 is 2.63 bits per heavy atom. The lowest BCUT2D eigenvalue weighted by Gasteiger charge is -2.15. The summed E-state index contributed by atoms with van der Waals surface area (Å²) in [6, 6.07) is 3.99. The van der Waals surface area contributed by atoms with Gasteiger partial charge in [-0.05, 0) is 47.0 Å². The van der Waals surface area contributed by atoms with Crippen molar-refractivity contribution < 1.29 is 14.0 Å². The van der Waals surface area contributed by atoms with Gasteiger partial charge in [-0.1, -0.05) is 0 Å². The number of carbonyl (C=O) groups is 2. The zero-order valence-electron chi connectivity index (χ0n) is 10.3. The molecular weight excluding hydrogens is 315 g/mol. The summed E-state index contributed by atoms with van der Waals surface area (Å²) in [4.78, 5) is 25.3. The molecule has 6 heteroatoms. The first kappa shape index (κ1) is 14.0. The zero-order chi connectivity index (χ0) is 13.8. The maximum Gasteiger partial charge on any atom is 0.251 e. The van der Waals surface area contributed by atoms with Gasteiger partial charge < -0.3 is 10.2 Å². The molecule has 1 aromatic carbocycles. The van der Waals surface area contributed by atoms with Crippen LogP contribution in [0.2, 0.25) is 0 Å². The molecule has 1 N–H and O–H groups in total. The molecular formula is C13H14BrFN2O2. The van der Waals surface area contributed by atoms with Gasteiger partial charge in [-0.2, -0.15) is 0 Å². The smallest absolute Gasteiger partial charge is 0.251 e. The third-order valence-electron chi connectivity index (χ3n) is 3.04. The average Bonchev–Trinajstić information content (AvgIpc) is 2.92. The monoisotopic (exact) mass is 328 g/mol. The molecule has 0 aliphatic carbocycles. The average molecular weight is 329 g/mol. The lowest BCUT2D eigenvalue weighted by molar-refractivity contribution is -0.129. The van der Waals surface area contributed by atoms with Crippen molar-refractivity contribution in [3.05, 3.63) is 34.1 Å². The van der Waals surface area contributed by atoms with E-state index < -0.39 is 5.82 Å². The second-order valence-corrected chi connectivity index (χ2v) is 5.25. The molecule has 0 aromatic heterocycles. The Morgan fingerprint density at radius 2 is 2.00 bits per heavy atom. The Hall–Kier alpha value is -1.43. The van der Waals surface area contributed by atoms with E-state index in [1.165, 1.54) is 18.2 Å². The Morgan fingerprint density at radius 1 is 1.32 bits per heavy atom. The molecule has 0 saturated carbocycles. The highest BCUT2D eigenvalue weighted by molar-refractivity contribution is 9.10. The molecule has 0 atom stereocenters. The van der Waals surface area contributed by atoms with Crippen LogP contribution in [0.1, 0.15) is 23.2 Å². The second kappa shape index (κ2) is 6.14. The van der Waals surface area contributed by atoms with Crippen LogP contribution in [0.15, 0.2) is 22.7 Å². The van der Waals surface area contributed by atoms with Crippen molar-refractivity contribution in [1.29, 1.82) is 0 Å². The fourth-order valence-corrected chi connectivity index (χ4v) is 2.35. The van der Waals surface area contributed by atoms with Crippen LogP contribution >= 0.6 is 15.9 Å². The molecule has 1 saturated heterocycles. The Kier molecular flexibility index (Phi) is 4.52. The number of carbonyl (C=O) groups excluding carboxylic acids is 2.